The number of hydrogen-bond donors (Lipinski definition) is 2. The number of aromatic nitrogens is 6. The molecule has 7 nitrogen and oxygen atoms in total. The molecule has 0 bridgehead atoms. The third-order valence-electron chi connectivity index (χ3n) is 2.26. The number of nitrogens with one attached hydrogen (secondary N) is 2. The summed E-state index contributed by atoms with van der Waals surface area (Å²) in [6.07, 6.45) is 7.51. The van der Waals surface area contributed by atoms with E-state index < -0.39 is 0 Å². The van der Waals surface area contributed by atoms with Crippen LogP contribution in [0.1, 0.15) is 5.69 Å². The maximum Gasteiger partial charge on any atom is 0.115 e. The first-order valence-corrected chi connectivity index (χ1v) is 4.98. The molecule has 3 aromatic rings. The van der Waals surface area contributed by atoms with Crippen LogP contribution in [0.5, 0.6) is 0 Å². The molecule has 0 saturated heterocycles. The summed E-state index contributed by atoms with van der Waals surface area (Å²) in [5, 5.41) is 7.54. The number of H-pyrrole nitrogens is 2. The number of rotatable bonds is 2. The fourth-order valence-corrected chi connectivity index (χ4v) is 1.44. The summed E-state index contributed by atoms with van der Waals surface area (Å²) < 4.78 is 0. The maximum atomic E-state index is 4.36. The van der Waals surface area contributed by atoms with Crippen molar-refractivity contribution in [2.45, 2.75) is 6.54 Å². The molecule has 0 saturated carbocycles. The quantitative estimate of drug-likeness (QED) is 0.522. The predicted octanol–water partition coefficient (Wildman–Crippen LogP) is -0.0229. The van der Waals surface area contributed by atoms with Gasteiger partial charge in [0.25, 0.3) is 0 Å². The minimum Gasteiger partial charge on any atom is -0.438 e. The minimum atomic E-state index is 0. The van der Waals surface area contributed by atoms with Gasteiger partial charge in [0.15, 0.2) is 0 Å². The molecule has 0 spiro atoms. The molecule has 3 rings (SSSR count). The summed E-state index contributed by atoms with van der Waals surface area (Å²) in [5.41, 5.74) is 2.18. The Balaban J connectivity index is 0.00000120. The van der Waals surface area contributed by atoms with E-state index in [4.69, 9.17) is 0 Å². The molecule has 0 aliphatic carbocycles. The molecular formula is C10H8N7U-. The van der Waals surface area contributed by atoms with Gasteiger partial charge in [0, 0.05) is 61.0 Å². The fraction of sp³-hybridized carbons (Fsp3) is 0.100. The van der Waals surface area contributed by atoms with Crippen LogP contribution in [0.3, 0.4) is 0 Å². The molecule has 0 aliphatic heterocycles. The topological polar surface area (TPSA) is 95.5 Å². The summed E-state index contributed by atoms with van der Waals surface area (Å²) in [7, 11) is 0. The van der Waals surface area contributed by atoms with Gasteiger partial charge in [-0.3, -0.25) is 0 Å². The van der Waals surface area contributed by atoms with Crippen LogP contribution >= 0.6 is 0 Å². The van der Waals surface area contributed by atoms with Crippen molar-refractivity contribution in [2.75, 3.05) is 0 Å². The van der Waals surface area contributed by atoms with Crippen molar-refractivity contribution in [1.29, 1.82) is 0 Å². The SMILES string of the molecule is [U].[c-]1nc(=NCc2ccncn2)c2cn[nH]c2[nH]1. The van der Waals surface area contributed by atoms with Gasteiger partial charge in [0.1, 0.15) is 6.33 Å². The zero-order chi connectivity index (χ0) is 11.5. The molecule has 0 amide bonds. The third-order valence-corrected chi connectivity index (χ3v) is 2.26. The largest absolute Gasteiger partial charge is 0.438 e. The molecule has 88 valence electrons. The van der Waals surface area contributed by atoms with Gasteiger partial charge < -0.3 is 20.1 Å². The Hall–Kier alpha value is -1.52. The zero-order valence-corrected chi connectivity index (χ0v) is 13.4. The molecule has 0 fully saturated rings. The second kappa shape index (κ2) is 5.89. The summed E-state index contributed by atoms with van der Waals surface area (Å²) in [6, 6.07) is 1.81. The standard InChI is InChI=1S/C10H8N7.U/c1-2-11-5-13-7(1)3-12-9-8-4-16-17-10(8)15-6-14-9;/h1-2,4-5H,3H2,(H2,12,14,15,16,17);/q-1;. The average Bonchev–Trinajstić information content (AvgIpc) is 2.86. The number of hydrogen-bond acceptors (Lipinski definition) is 5. The molecule has 0 radical (unpaired) electrons. The monoisotopic (exact) mass is 464 g/mol. The minimum absolute atomic E-state index is 0. The first kappa shape index (κ1) is 12.9. The molecule has 3 aromatic heterocycles. The van der Waals surface area contributed by atoms with Crippen LogP contribution in [0.2, 0.25) is 0 Å². The van der Waals surface area contributed by atoms with Gasteiger partial charge >= 0.3 is 0 Å². The molecule has 0 atom stereocenters. The Morgan fingerprint density at radius 1 is 1.39 bits per heavy atom. The Bertz CT molecular complexity index is 688. The summed E-state index contributed by atoms with van der Waals surface area (Å²) in [4.78, 5) is 19.2. The van der Waals surface area contributed by atoms with E-state index in [9.17, 15) is 0 Å². The molecule has 0 unspecified atom stereocenters. The van der Waals surface area contributed by atoms with Gasteiger partial charge in [0.05, 0.1) is 12.2 Å². The van der Waals surface area contributed by atoms with E-state index in [1.165, 1.54) is 6.33 Å². The normalized spacial score (nSPS) is 11.4. The Labute approximate surface area is 126 Å². The zero-order valence-electron chi connectivity index (χ0n) is 9.25. The van der Waals surface area contributed by atoms with Gasteiger partial charge in [-0.15, -0.1) is 0 Å². The van der Waals surface area contributed by atoms with Crippen molar-refractivity contribution in [1.82, 2.24) is 30.1 Å². The van der Waals surface area contributed by atoms with Crippen molar-refractivity contribution in [2.24, 2.45) is 4.99 Å². The predicted molar refractivity (Wildman–Crippen MR) is 58.4 cm³/mol. The van der Waals surface area contributed by atoms with Crippen molar-refractivity contribution in [3.63, 3.8) is 0 Å². The van der Waals surface area contributed by atoms with Crippen LogP contribution in [0.15, 0.2) is 29.8 Å². The molecular weight excluding hydrogens is 456 g/mol. The van der Waals surface area contributed by atoms with E-state index in [0.717, 1.165) is 16.7 Å². The molecule has 0 aliphatic rings. The maximum absolute atomic E-state index is 4.36. The van der Waals surface area contributed by atoms with Crippen LogP contribution in [0, 0.1) is 37.4 Å². The van der Waals surface area contributed by atoms with Crippen molar-refractivity contribution in [3.8, 4) is 0 Å². The van der Waals surface area contributed by atoms with Gasteiger partial charge in [-0.25, -0.2) is 9.97 Å². The smallest absolute Gasteiger partial charge is 0.115 e. The van der Waals surface area contributed by atoms with Crippen LogP contribution in [-0.2, 0) is 6.54 Å². The van der Waals surface area contributed by atoms with E-state index in [1.54, 1.807) is 12.4 Å². The summed E-state index contributed by atoms with van der Waals surface area (Å²) in [6.45, 7) is 0.452. The van der Waals surface area contributed by atoms with Crippen LogP contribution in [0.25, 0.3) is 11.0 Å². The Morgan fingerprint density at radius 3 is 3.17 bits per heavy atom. The fourth-order valence-electron chi connectivity index (χ4n) is 1.44. The Morgan fingerprint density at radius 2 is 2.33 bits per heavy atom. The van der Waals surface area contributed by atoms with E-state index in [-0.39, 0.29) is 31.1 Å². The van der Waals surface area contributed by atoms with Gasteiger partial charge in [0.2, 0.25) is 0 Å². The second-order valence-corrected chi connectivity index (χ2v) is 3.35. The van der Waals surface area contributed by atoms with Crippen molar-refractivity contribution in [3.05, 3.63) is 42.3 Å². The van der Waals surface area contributed by atoms with Crippen LogP contribution < -0.4 is 5.49 Å². The molecule has 3 heterocycles. The van der Waals surface area contributed by atoms with Crippen molar-refractivity contribution < 1.29 is 31.1 Å². The Kier molecular flexibility index (Phi) is 4.23. The van der Waals surface area contributed by atoms with Crippen LogP contribution in [0.4, 0.5) is 0 Å². The van der Waals surface area contributed by atoms with E-state index in [2.05, 4.69) is 41.5 Å². The molecule has 0 aromatic carbocycles. The van der Waals surface area contributed by atoms with Crippen molar-refractivity contribution >= 4 is 11.0 Å². The van der Waals surface area contributed by atoms with E-state index >= 15 is 0 Å². The average molecular weight is 464 g/mol. The second-order valence-electron chi connectivity index (χ2n) is 3.35. The number of nitrogens with zero attached hydrogens (tertiary/aromatic N) is 5. The number of fused-ring (bicyclic) bond motifs is 1. The van der Waals surface area contributed by atoms with E-state index in [1.807, 2.05) is 6.07 Å². The first-order valence-electron chi connectivity index (χ1n) is 4.98. The van der Waals surface area contributed by atoms with Gasteiger partial charge in [-0.05, 0) is 11.5 Å². The molecule has 2 N–H and O–H groups in total. The van der Waals surface area contributed by atoms with Gasteiger partial charge in [-0.1, -0.05) is 0 Å². The van der Waals surface area contributed by atoms with E-state index in [0.29, 0.717) is 12.0 Å². The summed E-state index contributed by atoms with van der Waals surface area (Å²) >= 11 is 0. The molecule has 8 heteroatoms. The van der Waals surface area contributed by atoms with Crippen LogP contribution in [-0.4, -0.2) is 30.1 Å². The third kappa shape index (κ3) is 2.66. The number of aromatic amines is 2. The van der Waals surface area contributed by atoms with Gasteiger partial charge in [-0.2, -0.15) is 5.10 Å². The first-order chi connectivity index (χ1) is 8.43. The summed E-state index contributed by atoms with van der Waals surface area (Å²) in [5.74, 6) is 0. The molecule has 18 heavy (non-hydrogen) atoms.